The first-order valence-corrected chi connectivity index (χ1v) is 7.03. The van der Waals surface area contributed by atoms with Gasteiger partial charge in [0.25, 0.3) is 0 Å². The number of rotatable bonds is 5. The van der Waals surface area contributed by atoms with Crippen LogP contribution in [-0.2, 0) is 0 Å². The van der Waals surface area contributed by atoms with Crippen molar-refractivity contribution in [3.8, 4) is 11.8 Å². The molecule has 0 amide bonds. The van der Waals surface area contributed by atoms with E-state index in [1.54, 1.807) is 0 Å². The average molecular weight is 263 g/mol. The molecule has 2 aromatic carbocycles. The van der Waals surface area contributed by atoms with Crippen LogP contribution in [0.5, 0.6) is 0 Å². The van der Waals surface area contributed by atoms with Crippen molar-refractivity contribution in [1.82, 2.24) is 5.32 Å². The monoisotopic (exact) mass is 263 g/mol. The van der Waals surface area contributed by atoms with E-state index in [-0.39, 0.29) is 0 Å². The molecule has 1 unspecified atom stereocenters. The molecule has 0 saturated heterocycles. The van der Waals surface area contributed by atoms with Crippen molar-refractivity contribution >= 4 is 0 Å². The Morgan fingerprint density at radius 3 is 1.80 bits per heavy atom. The molecule has 0 aliphatic heterocycles. The molecular weight excluding hydrogens is 242 g/mol. The van der Waals surface area contributed by atoms with Crippen molar-refractivity contribution in [2.45, 2.75) is 25.3 Å². The molecule has 2 rings (SSSR count). The second-order valence-electron chi connectivity index (χ2n) is 4.83. The normalized spacial score (nSPS) is 11.8. The summed E-state index contributed by atoms with van der Waals surface area (Å²) in [5.74, 6) is 6.53. The summed E-state index contributed by atoms with van der Waals surface area (Å²) in [6, 6.07) is 21.6. The Kier molecular flexibility index (Phi) is 5.41. The highest BCUT2D eigenvalue weighted by Gasteiger charge is 2.22. The fourth-order valence-electron chi connectivity index (χ4n) is 2.58. The molecule has 102 valence electrons. The Bertz CT molecular complexity index is 523. The lowest BCUT2D eigenvalue weighted by Crippen LogP contribution is -2.32. The van der Waals surface area contributed by atoms with Gasteiger partial charge >= 0.3 is 0 Å². The standard InChI is InChI=1S/C19H21N/c1-3-4-15-18(20-2)19(16-11-7-5-8-12-16)17-13-9-6-10-14-17/h5-14,18-20H,15H2,1-2H3. The zero-order valence-corrected chi connectivity index (χ0v) is 12.1. The fourth-order valence-corrected chi connectivity index (χ4v) is 2.58. The predicted octanol–water partition coefficient (Wildman–Crippen LogP) is 3.82. The van der Waals surface area contributed by atoms with Gasteiger partial charge in [-0.3, -0.25) is 0 Å². The Morgan fingerprint density at radius 1 is 0.900 bits per heavy atom. The van der Waals surface area contributed by atoms with Gasteiger partial charge in [0.1, 0.15) is 0 Å². The first-order valence-electron chi connectivity index (χ1n) is 7.03. The van der Waals surface area contributed by atoms with E-state index in [9.17, 15) is 0 Å². The third-order valence-electron chi connectivity index (χ3n) is 3.59. The van der Waals surface area contributed by atoms with Crippen LogP contribution in [0.25, 0.3) is 0 Å². The van der Waals surface area contributed by atoms with Crippen LogP contribution in [-0.4, -0.2) is 13.1 Å². The fraction of sp³-hybridized carbons (Fsp3) is 0.263. The van der Waals surface area contributed by atoms with Crippen LogP contribution in [0.4, 0.5) is 0 Å². The predicted molar refractivity (Wildman–Crippen MR) is 85.6 cm³/mol. The maximum absolute atomic E-state index is 3.43. The number of likely N-dealkylation sites (N-methyl/N-ethyl adjacent to an activating group) is 1. The molecule has 0 aliphatic rings. The van der Waals surface area contributed by atoms with Gasteiger partial charge in [0.15, 0.2) is 0 Å². The van der Waals surface area contributed by atoms with Gasteiger partial charge in [-0.25, -0.2) is 0 Å². The number of nitrogens with one attached hydrogen (secondary N) is 1. The third kappa shape index (κ3) is 3.50. The lowest BCUT2D eigenvalue weighted by Gasteiger charge is -2.26. The Labute approximate surface area is 122 Å². The highest BCUT2D eigenvalue weighted by atomic mass is 14.9. The molecule has 0 saturated carbocycles. The summed E-state index contributed by atoms with van der Waals surface area (Å²) >= 11 is 0. The quantitative estimate of drug-likeness (QED) is 0.809. The van der Waals surface area contributed by atoms with E-state index in [2.05, 4.69) is 77.8 Å². The highest BCUT2D eigenvalue weighted by molar-refractivity contribution is 5.34. The Balaban J connectivity index is 2.40. The minimum atomic E-state index is 0.312. The molecule has 0 bridgehead atoms. The number of hydrogen-bond acceptors (Lipinski definition) is 1. The van der Waals surface area contributed by atoms with Gasteiger partial charge < -0.3 is 5.32 Å². The molecule has 0 heterocycles. The summed E-state index contributed by atoms with van der Waals surface area (Å²) < 4.78 is 0. The van der Waals surface area contributed by atoms with E-state index >= 15 is 0 Å². The molecule has 1 heteroatoms. The maximum atomic E-state index is 3.43. The Morgan fingerprint density at radius 2 is 1.40 bits per heavy atom. The maximum Gasteiger partial charge on any atom is 0.0283 e. The van der Waals surface area contributed by atoms with E-state index in [1.165, 1.54) is 11.1 Å². The highest BCUT2D eigenvalue weighted by Crippen LogP contribution is 2.29. The van der Waals surface area contributed by atoms with Crippen LogP contribution in [0.3, 0.4) is 0 Å². The van der Waals surface area contributed by atoms with Gasteiger partial charge in [-0.2, -0.15) is 0 Å². The van der Waals surface area contributed by atoms with Crippen molar-refractivity contribution in [2.24, 2.45) is 0 Å². The molecule has 0 aromatic heterocycles. The number of benzene rings is 2. The van der Waals surface area contributed by atoms with Gasteiger partial charge in [-0.15, -0.1) is 11.8 Å². The molecule has 1 N–H and O–H groups in total. The van der Waals surface area contributed by atoms with Crippen molar-refractivity contribution in [3.05, 3.63) is 71.8 Å². The van der Waals surface area contributed by atoms with Crippen LogP contribution < -0.4 is 5.32 Å². The first-order chi connectivity index (χ1) is 9.86. The van der Waals surface area contributed by atoms with Gasteiger partial charge in [0, 0.05) is 18.4 Å². The molecule has 0 spiro atoms. The summed E-state index contributed by atoms with van der Waals surface area (Å²) in [6.45, 7) is 1.90. The topological polar surface area (TPSA) is 12.0 Å². The molecule has 1 atom stereocenters. The van der Waals surface area contributed by atoms with Crippen molar-refractivity contribution < 1.29 is 0 Å². The van der Waals surface area contributed by atoms with Crippen LogP contribution in [0.15, 0.2) is 60.7 Å². The van der Waals surface area contributed by atoms with E-state index in [1.807, 2.05) is 14.0 Å². The summed E-state index contributed by atoms with van der Waals surface area (Å²) in [7, 11) is 2.01. The summed E-state index contributed by atoms with van der Waals surface area (Å²) in [5.41, 5.74) is 2.66. The van der Waals surface area contributed by atoms with Crippen LogP contribution in [0.1, 0.15) is 30.4 Å². The molecule has 0 fully saturated rings. The van der Waals surface area contributed by atoms with E-state index in [4.69, 9.17) is 0 Å². The second kappa shape index (κ2) is 7.53. The summed E-state index contributed by atoms with van der Waals surface area (Å²) in [4.78, 5) is 0. The Hall–Kier alpha value is -2.04. The van der Waals surface area contributed by atoms with Gasteiger partial charge in [0.2, 0.25) is 0 Å². The van der Waals surface area contributed by atoms with Gasteiger partial charge in [-0.1, -0.05) is 60.7 Å². The van der Waals surface area contributed by atoms with Crippen LogP contribution in [0, 0.1) is 11.8 Å². The van der Waals surface area contributed by atoms with E-state index in [0.717, 1.165) is 6.42 Å². The molecule has 0 aliphatic carbocycles. The molecular formula is C19H21N. The largest absolute Gasteiger partial charge is 0.315 e. The molecule has 1 nitrogen and oxygen atoms in total. The molecule has 20 heavy (non-hydrogen) atoms. The van der Waals surface area contributed by atoms with Crippen molar-refractivity contribution in [1.29, 1.82) is 0 Å². The van der Waals surface area contributed by atoms with E-state index in [0.29, 0.717) is 12.0 Å². The molecule has 0 radical (unpaired) electrons. The second-order valence-corrected chi connectivity index (χ2v) is 4.83. The van der Waals surface area contributed by atoms with Gasteiger partial charge in [0.05, 0.1) is 0 Å². The minimum Gasteiger partial charge on any atom is -0.315 e. The molecule has 2 aromatic rings. The van der Waals surface area contributed by atoms with Crippen LogP contribution in [0.2, 0.25) is 0 Å². The summed E-state index contributed by atoms with van der Waals surface area (Å²) in [6.07, 6.45) is 0.849. The van der Waals surface area contributed by atoms with Gasteiger partial charge in [-0.05, 0) is 25.1 Å². The SMILES string of the molecule is CC#CCC(NC)C(c1ccccc1)c1ccccc1. The first kappa shape index (κ1) is 14.4. The zero-order valence-electron chi connectivity index (χ0n) is 12.1. The lowest BCUT2D eigenvalue weighted by atomic mass is 9.84. The minimum absolute atomic E-state index is 0.312. The third-order valence-corrected chi connectivity index (χ3v) is 3.59. The summed E-state index contributed by atoms with van der Waals surface area (Å²) in [5, 5.41) is 3.43. The zero-order chi connectivity index (χ0) is 14.2. The number of hydrogen-bond donors (Lipinski definition) is 1. The van der Waals surface area contributed by atoms with Crippen LogP contribution >= 0.6 is 0 Å². The van der Waals surface area contributed by atoms with Crippen molar-refractivity contribution in [3.63, 3.8) is 0 Å². The lowest BCUT2D eigenvalue weighted by molar-refractivity contribution is 0.516. The van der Waals surface area contributed by atoms with E-state index < -0.39 is 0 Å². The smallest absolute Gasteiger partial charge is 0.0283 e. The average Bonchev–Trinajstić information content (AvgIpc) is 2.53. The van der Waals surface area contributed by atoms with Crippen molar-refractivity contribution in [2.75, 3.05) is 7.05 Å².